The van der Waals surface area contributed by atoms with Gasteiger partial charge in [0.25, 0.3) is 0 Å². The lowest BCUT2D eigenvalue weighted by atomic mass is 9.83. The minimum absolute atomic E-state index is 0.872. The Labute approximate surface area is 367 Å². The van der Waals surface area contributed by atoms with Crippen LogP contribution in [0.1, 0.15) is 0 Å². The zero-order valence-corrected chi connectivity index (χ0v) is 34.6. The second kappa shape index (κ2) is 13.5. The quantitative estimate of drug-likeness (QED) is 0.166. The van der Waals surface area contributed by atoms with Gasteiger partial charge in [-0.15, -0.1) is 0 Å². The molecule has 12 aromatic carbocycles. The van der Waals surface area contributed by atoms with Gasteiger partial charge in [0.1, 0.15) is 22.3 Å². The fourth-order valence-corrected chi connectivity index (χ4v) is 11.0. The summed E-state index contributed by atoms with van der Waals surface area (Å²) in [5, 5.41) is 16.5. The summed E-state index contributed by atoms with van der Waals surface area (Å²) >= 11 is 0. The summed E-state index contributed by atoms with van der Waals surface area (Å²) in [5.74, 6) is 0. The minimum atomic E-state index is 0.872. The van der Waals surface area contributed by atoms with E-state index in [2.05, 4.69) is 218 Å². The van der Waals surface area contributed by atoms with E-state index in [-0.39, 0.29) is 0 Å². The Morgan fingerprint density at radius 2 is 0.688 bits per heavy atom. The lowest BCUT2D eigenvalue weighted by molar-refractivity contribution is 0.669. The maximum Gasteiger partial charge on any atom is 0.143 e. The third-order valence-corrected chi connectivity index (χ3v) is 13.6. The summed E-state index contributed by atoms with van der Waals surface area (Å²) in [6.45, 7) is 0. The van der Waals surface area contributed by atoms with Crippen molar-refractivity contribution in [3.05, 3.63) is 218 Å². The second-order valence-corrected chi connectivity index (χ2v) is 17.0. The van der Waals surface area contributed by atoms with Crippen LogP contribution in [0.25, 0.3) is 142 Å². The molecular weight excluding hydrogens is 777 g/mol. The van der Waals surface area contributed by atoms with Crippen molar-refractivity contribution in [1.29, 1.82) is 0 Å². The van der Waals surface area contributed by atoms with Crippen LogP contribution in [0.5, 0.6) is 0 Å². The second-order valence-electron chi connectivity index (χ2n) is 17.0. The molecule has 0 aliphatic heterocycles. The van der Waals surface area contributed by atoms with Gasteiger partial charge in [0.05, 0.1) is 0 Å². The number of hydrogen-bond acceptors (Lipinski definition) is 2. The predicted molar refractivity (Wildman–Crippen MR) is 270 cm³/mol. The highest BCUT2D eigenvalue weighted by Crippen LogP contribution is 2.51. The van der Waals surface area contributed by atoms with Gasteiger partial charge < -0.3 is 8.83 Å². The largest absolute Gasteiger partial charge is 0.456 e. The molecule has 0 bridgehead atoms. The van der Waals surface area contributed by atoms with E-state index in [1.807, 2.05) is 0 Å². The third-order valence-electron chi connectivity index (χ3n) is 13.6. The predicted octanol–water partition coefficient (Wildman–Crippen LogP) is 17.9. The highest BCUT2D eigenvalue weighted by atomic mass is 16.3. The van der Waals surface area contributed by atoms with Crippen molar-refractivity contribution >= 4 is 97.7 Å². The van der Waals surface area contributed by atoms with E-state index in [1.165, 1.54) is 76.3 Å². The van der Waals surface area contributed by atoms with E-state index in [9.17, 15) is 0 Å². The number of rotatable bonds is 4. The van der Waals surface area contributed by atoms with E-state index < -0.39 is 0 Å². The summed E-state index contributed by atoms with van der Waals surface area (Å²) in [5.41, 5.74) is 13.2. The lowest BCUT2D eigenvalue weighted by Gasteiger charge is -2.19. The molecule has 0 amide bonds. The maximum absolute atomic E-state index is 6.90. The van der Waals surface area contributed by atoms with Gasteiger partial charge in [0.2, 0.25) is 0 Å². The topological polar surface area (TPSA) is 26.3 Å². The summed E-state index contributed by atoms with van der Waals surface area (Å²) in [7, 11) is 0. The summed E-state index contributed by atoms with van der Waals surface area (Å²) in [4.78, 5) is 0. The van der Waals surface area contributed by atoms with Crippen LogP contribution in [0.4, 0.5) is 0 Å². The van der Waals surface area contributed by atoms with Crippen molar-refractivity contribution in [2.45, 2.75) is 0 Å². The van der Waals surface area contributed by atoms with Gasteiger partial charge in [-0.1, -0.05) is 188 Å². The first-order chi connectivity index (χ1) is 31.8. The normalized spacial score (nSPS) is 12.1. The first-order valence-electron chi connectivity index (χ1n) is 22.0. The van der Waals surface area contributed by atoms with E-state index in [0.717, 1.165) is 66.0 Å². The Bertz CT molecular complexity index is 4130. The molecule has 0 saturated heterocycles. The molecule has 14 aromatic rings. The van der Waals surface area contributed by atoms with Crippen LogP contribution in [0.15, 0.2) is 227 Å². The molecule has 14 rings (SSSR count). The van der Waals surface area contributed by atoms with Crippen molar-refractivity contribution in [3.63, 3.8) is 0 Å². The number of hydrogen-bond donors (Lipinski definition) is 0. The summed E-state index contributed by atoms with van der Waals surface area (Å²) < 4.78 is 13.5. The molecule has 0 fully saturated rings. The molecule has 2 aromatic heterocycles. The van der Waals surface area contributed by atoms with Crippen molar-refractivity contribution in [3.8, 4) is 44.5 Å². The van der Waals surface area contributed by atoms with Crippen molar-refractivity contribution in [1.82, 2.24) is 0 Å². The summed E-state index contributed by atoms with van der Waals surface area (Å²) in [6, 6.07) is 79.2. The SMILES string of the molecule is c1ccc(-c2c3ccccc3c(-c3cccc4oc5cccc(-c6c7ccccc7c(-c7ccc8oc9c%10ccccc%10ccc9c8c7)c7ccccc67)c5c34)c3ccccc23)cc1. The molecule has 2 nitrogen and oxygen atoms in total. The molecule has 0 N–H and O–H groups in total. The Morgan fingerprint density at radius 1 is 0.234 bits per heavy atom. The maximum atomic E-state index is 6.90. The Balaban J connectivity index is 1.06. The van der Waals surface area contributed by atoms with Crippen LogP contribution in [-0.2, 0) is 0 Å². The van der Waals surface area contributed by atoms with Gasteiger partial charge in [0, 0.05) is 26.9 Å². The van der Waals surface area contributed by atoms with E-state index in [1.54, 1.807) is 0 Å². The molecule has 296 valence electrons. The molecule has 2 heterocycles. The highest BCUT2D eigenvalue weighted by Gasteiger charge is 2.24. The molecular formula is C62H36O2. The van der Waals surface area contributed by atoms with Gasteiger partial charge in [0.15, 0.2) is 0 Å². The molecule has 0 unspecified atom stereocenters. The molecule has 2 heteroatoms. The van der Waals surface area contributed by atoms with Crippen LogP contribution in [0.2, 0.25) is 0 Å². The zero-order valence-electron chi connectivity index (χ0n) is 34.6. The highest BCUT2D eigenvalue weighted by molar-refractivity contribution is 6.30. The van der Waals surface area contributed by atoms with Crippen LogP contribution in [-0.4, -0.2) is 0 Å². The van der Waals surface area contributed by atoms with E-state index >= 15 is 0 Å². The van der Waals surface area contributed by atoms with Crippen LogP contribution >= 0.6 is 0 Å². The standard InChI is InChI=1S/C62H36O2/c1-2-17-38(18-3-1)56-41-20-6-10-24-45(41)58(46-25-11-7-21-42(46)56)50-28-14-30-54-60(50)61-51(29-15-31-55(61)63-54)59-47-26-12-8-22-43(47)57(44-23-9-13-27-48(44)59)39-33-35-53-52(36-39)49-34-32-37-16-4-5-19-40(37)62(49)64-53/h1-36H. The van der Waals surface area contributed by atoms with Crippen molar-refractivity contribution in [2.75, 3.05) is 0 Å². The number of benzene rings is 12. The first-order valence-corrected chi connectivity index (χ1v) is 22.0. The summed E-state index contributed by atoms with van der Waals surface area (Å²) in [6.07, 6.45) is 0. The average Bonchev–Trinajstić information content (AvgIpc) is 3.94. The van der Waals surface area contributed by atoms with Crippen molar-refractivity contribution in [2.24, 2.45) is 0 Å². The Hall–Kier alpha value is -8.46. The number of fused-ring (bicyclic) bond motifs is 12. The Kier molecular flexibility index (Phi) is 7.43. The van der Waals surface area contributed by atoms with Crippen LogP contribution in [0.3, 0.4) is 0 Å². The van der Waals surface area contributed by atoms with Gasteiger partial charge in [-0.2, -0.15) is 0 Å². The fourth-order valence-electron chi connectivity index (χ4n) is 11.0. The molecule has 0 radical (unpaired) electrons. The van der Waals surface area contributed by atoms with Gasteiger partial charge in [-0.25, -0.2) is 0 Å². The van der Waals surface area contributed by atoms with E-state index in [0.29, 0.717) is 0 Å². The number of furan rings is 2. The van der Waals surface area contributed by atoms with Crippen molar-refractivity contribution < 1.29 is 8.83 Å². The first kappa shape index (κ1) is 35.2. The fraction of sp³-hybridized carbons (Fsp3) is 0. The average molecular weight is 813 g/mol. The zero-order chi connectivity index (χ0) is 41.9. The molecule has 64 heavy (non-hydrogen) atoms. The van der Waals surface area contributed by atoms with Gasteiger partial charge >= 0.3 is 0 Å². The monoisotopic (exact) mass is 812 g/mol. The molecule has 0 atom stereocenters. The lowest BCUT2D eigenvalue weighted by Crippen LogP contribution is -1.92. The Morgan fingerprint density at radius 3 is 1.22 bits per heavy atom. The van der Waals surface area contributed by atoms with Crippen LogP contribution < -0.4 is 0 Å². The van der Waals surface area contributed by atoms with Gasteiger partial charge in [-0.3, -0.25) is 0 Å². The molecule has 0 saturated carbocycles. The van der Waals surface area contributed by atoms with E-state index in [4.69, 9.17) is 8.83 Å². The minimum Gasteiger partial charge on any atom is -0.456 e. The van der Waals surface area contributed by atoms with Gasteiger partial charge in [-0.05, 0) is 123 Å². The molecule has 0 aliphatic carbocycles. The molecule has 0 aliphatic rings. The molecule has 0 spiro atoms. The smallest absolute Gasteiger partial charge is 0.143 e. The van der Waals surface area contributed by atoms with Crippen LogP contribution in [0, 0.1) is 0 Å². The third kappa shape index (κ3) is 4.96.